The van der Waals surface area contributed by atoms with Crippen molar-refractivity contribution in [3.8, 4) is 11.8 Å². The van der Waals surface area contributed by atoms with Crippen LogP contribution in [0, 0.1) is 17.2 Å². The topological polar surface area (TPSA) is 164 Å². The van der Waals surface area contributed by atoms with E-state index in [9.17, 15) is 19.2 Å². The van der Waals surface area contributed by atoms with Gasteiger partial charge in [-0.3, -0.25) is 29.4 Å². The van der Waals surface area contributed by atoms with Crippen LogP contribution in [0.3, 0.4) is 0 Å². The second kappa shape index (κ2) is 18.3. The minimum Gasteiger partial charge on any atom is -0.490 e. The molecule has 3 aliphatic heterocycles. The molecule has 7 rings (SSSR count). The van der Waals surface area contributed by atoms with Crippen molar-refractivity contribution < 1.29 is 23.9 Å². The number of imide groups is 1. The van der Waals surface area contributed by atoms with E-state index in [1.807, 2.05) is 18.2 Å². The predicted molar refractivity (Wildman–Crippen MR) is 215 cm³/mol. The van der Waals surface area contributed by atoms with Crippen molar-refractivity contribution in [2.45, 2.75) is 76.0 Å². The zero-order chi connectivity index (χ0) is 39.9. The number of carbonyl (C=O) groups excluding carboxylic acids is 4. The van der Waals surface area contributed by atoms with Crippen molar-refractivity contribution in [1.82, 2.24) is 30.6 Å². The standard InChI is InChI=1S/C42H50ClN9O5/c1-49(37-12-14-39(53)46-42(37)56)40(54)24-29-3-2-4-32(23-29)51-21-19-50(20-22-51)27-28-15-17-52(18-16-28)38-13-11-36(47-48-38)41(55)45-31-6-9-33(10-7-31)57-34-8-5-30(26-44)35(43)25-34/h2-5,8,11,13,23,25,28,31,33,37H,6-7,9-10,12,14-22,24,27H2,1H3,(H,45,55)(H,46,53,56). The molecule has 14 nitrogen and oxygen atoms in total. The highest BCUT2D eigenvalue weighted by atomic mass is 35.5. The summed E-state index contributed by atoms with van der Waals surface area (Å²) in [5, 5.41) is 23.6. The van der Waals surface area contributed by atoms with E-state index >= 15 is 0 Å². The second-order valence-corrected chi connectivity index (χ2v) is 16.0. The first-order valence-corrected chi connectivity index (χ1v) is 20.4. The maximum absolute atomic E-state index is 13.0. The van der Waals surface area contributed by atoms with E-state index in [0.29, 0.717) is 34.4 Å². The molecule has 1 aliphatic carbocycles. The van der Waals surface area contributed by atoms with Gasteiger partial charge in [0.2, 0.25) is 17.7 Å². The molecule has 0 bridgehead atoms. The zero-order valence-corrected chi connectivity index (χ0v) is 33.1. The third kappa shape index (κ3) is 10.2. The Morgan fingerprint density at radius 2 is 1.70 bits per heavy atom. The largest absolute Gasteiger partial charge is 0.490 e. The quantitative estimate of drug-likeness (QED) is 0.270. The summed E-state index contributed by atoms with van der Waals surface area (Å²) < 4.78 is 6.08. The second-order valence-electron chi connectivity index (χ2n) is 15.6. The molecule has 4 heterocycles. The van der Waals surface area contributed by atoms with Crippen LogP contribution in [-0.2, 0) is 20.8 Å². The van der Waals surface area contributed by atoms with Crippen LogP contribution in [0.4, 0.5) is 11.5 Å². The lowest BCUT2D eigenvalue weighted by Crippen LogP contribution is -2.53. The number of ether oxygens (including phenoxy) is 1. The lowest BCUT2D eigenvalue weighted by Gasteiger charge is -2.40. The number of piperazine rings is 1. The van der Waals surface area contributed by atoms with Gasteiger partial charge in [-0.1, -0.05) is 23.7 Å². The number of amides is 4. The van der Waals surface area contributed by atoms with Crippen LogP contribution in [0.15, 0.2) is 54.6 Å². The van der Waals surface area contributed by atoms with E-state index in [1.54, 1.807) is 31.3 Å². The van der Waals surface area contributed by atoms with Crippen molar-refractivity contribution >= 4 is 46.7 Å². The van der Waals surface area contributed by atoms with Crippen LogP contribution in [0.2, 0.25) is 5.02 Å². The summed E-state index contributed by atoms with van der Waals surface area (Å²) in [6, 6.07) is 18.3. The summed E-state index contributed by atoms with van der Waals surface area (Å²) in [5.41, 5.74) is 2.74. The molecule has 15 heteroatoms. The predicted octanol–water partition coefficient (Wildman–Crippen LogP) is 3.97. The molecule has 300 valence electrons. The number of anilines is 2. The average Bonchev–Trinajstić information content (AvgIpc) is 3.22. The van der Waals surface area contributed by atoms with Crippen molar-refractivity contribution in [3.63, 3.8) is 0 Å². The maximum Gasteiger partial charge on any atom is 0.272 e. The van der Waals surface area contributed by atoms with Crippen LogP contribution in [0.25, 0.3) is 0 Å². The number of nitriles is 1. The molecule has 1 unspecified atom stereocenters. The molecule has 0 spiro atoms. The summed E-state index contributed by atoms with van der Waals surface area (Å²) >= 11 is 6.15. The van der Waals surface area contributed by atoms with Crippen LogP contribution < -0.4 is 25.2 Å². The van der Waals surface area contributed by atoms with Gasteiger partial charge in [-0.05, 0) is 92.8 Å². The maximum atomic E-state index is 13.0. The molecular formula is C42H50ClN9O5. The molecule has 3 aromatic rings. The number of hydrogen-bond acceptors (Lipinski definition) is 11. The van der Waals surface area contributed by atoms with E-state index in [2.05, 4.69) is 53.7 Å². The van der Waals surface area contributed by atoms with Gasteiger partial charge < -0.3 is 24.8 Å². The first kappa shape index (κ1) is 40.0. The summed E-state index contributed by atoms with van der Waals surface area (Å²) in [6.45, 7) is 6.62. The van der Waals surface area contributed by atoms with E-state index in [1.165, 1.54) is 4.90 Å². The van der Waals surface area contributed by atoms with Gasteiger partial charge in [0.15, 0.2) is 11.5 Å². The Bertz CT molecular complexity index is 1970. The summed E-state index contributed by atoms with van der Waals surface area (Å²) in [6.07, 6.45) is 6.14. The fraction of sp³-hybridized carbons (Fsp3) is 0.500. The first-order chi connectivity index (χ1) is 27.6. The molecule has 2 aromatic carbocycles. The normalized spacial score (nSPS) is 22.0. The van der Waals surface area contributed by atoms with Crippen LogP contribution in [-0.4, -0.2) is 115 Å². The third-order valence-electron chi connectivity index (χ3n) is 11.8. The molecule has 57 heavy (non-hydrogen) atoms. The SMILES string of the molecule is CN(C(=O)Cc1cccc(N2CCN(CC3CCN(c4ccc(C(=O)NC5CCC(Oc6ccc(C#N)c(Cl)c6)CC5)nn4)CC3)CC2)c1)C1CCC(=O)NC1=O. The molecule has 4 aliphatic rings. The fourth-order valence-electron chi connectivity index (χ4n) is 8.34. The highest BCUT2D eigenvalue weighted by Gasteiger charge is 2.32. The van der Waals surface area contributed by atoms with Gasteiger partial charge in [0.25, 0.3) is 5.91 Å². The van der Waals surface area contributed by atoms with Gasteiger partial charge in [0.1, 0.15) is 17.9 Å². The molecule has 4 amide bonds. The lowest BCUT2D eigenvalue weighted by atomic mass is 9.93. The summed E-state index contributed by atoms with van der Waals surface area (Å²) in [5.74, 6) is 0.988. The third-order valence-corrected chi connectivity index (χ3v) is 12.1. The molecular weight excluding hydrogens is 746 g/mol. The van der Waals surface area contributed by atoms with Crippen molar-refractivity contribution in [1.29, 1.82) is 5.26 Å². The first-order valence-electron chi connectivity index (χ1n) is 20.0. The highest BCUT2D eigenvalue weighted by Crippen LogP contribution is 2.28. The number of hydrogen-bond donors (Lipinski definition) is 2. The van der Waals surface area contributed by atoms with Crippen molar-refractivity contribution in [2.24, 2.45) is 5.92 Å². The van der Waals surface area contributed by atoms with Gasteiger partial charge in [-0.25, -0.2) is 0 Å². The number of likely N-dealkylation sites (N-methyl/N-ethyl adjacent to an activating group) is 1. The number of piperidine rings is 2. The fourth-order valence-corrected chi connectivity index (χ4v) is 8.55. The molecule has 3 saturated heterocycles. The van der Waals surface area contributed by atoms with Crippen molar-refractivity contribution in [2.75, 3.05) is 62.7 Å². The molecule has 1 atom stereocenters. The Morgan fingerprint density at radius 3 is 2.39 bits per heavy atom. The number of halogens is 1. The van der Waals surface area contributed by atoms with Crippen LogP contribution in [0.5, 0.6) is 5.75 Å². The molecule has 0 radical (unpaired) electrons. The molecule has 2 N–H and O–H groups in total. The monoisotopic (exact) mass is 795 g/mol. The number of aromatic nitrogens is 2. The van der Waals surface area contributed by atoms with Gasteiger partial charge in [0, 0.05) is 77.1 Å². The average molecular weight is 796 g/mol. The van der Waals surface area contributed by atoms with E-state index in [-0.39, 0.29) is 42.7 Å². The van der Waals surface area contributed by atoms with Crippen molar-refractivity contribution in [3.05, 3.63) is 76.4 Å². The van der Waals surface area contributed by atoms with E-state index in [4.69, 9.17) is 21.6 Å². The number of nitrogens with one attached hydrogen (secondary N) is 2. The number of carbonyl (C=O) groups is 4. The van der Waals surface area contributed by atoms with Crippen LogP contribution in [0.1, 0.15) is 73.0 Å². The van der Waals surface area contributed by atoms with Gasteiger partial charge in [-0.15, -0.1) is 10.2 Å². The van der Waals surface area contributed by atoms with E-state index < -0.39 is 11.9 Å². The number of benzene rings is 2. The Kier molecular flexibility index (Phi) is 12.9. The van der Waals surface area contributed by atoms with Crippen LogP contribution >= 0.6 is 11.6 Å². The van der Waals surface area contributed by atoms with Gasteiger partial charge >= 0.3 is 0 Å². The minimum atomic E-state index is -0.617. The van der Waals surface area contributed by atoms with Gasteiger partial charge in [-0.2, -0.15) is 5.26 Å². The van der Waals surface area contributed by atoms with Gasteiger partial charge in [0.05, 0.1) is 23.1 Å². The Hall–Kier alpha value is -5.26. The zero-order valence-electron chi connectivity index (χ0n) is 32.4. The highest BCUT2D eigenvalue weighted by molar-refractivity contribution is 6.31. The molecule has 1 saturated carbocycles. The smallest absolute Gasteiger partial charge is 0.272 e. The Balaban J connectivity index is 0.798. The molecule has 1 aromatic heterocycles. The Labute approximate surface area is 338 Å². The Morgan fingerprint density at radius 1 is 0.930 bits per heavy atom. The van der Waals surface area contributed by atoms with E-state index in [0.717, 1.165) is 101 Å². The summed E-state index contributed by atoms with van der Waals surface area (Å²) in [7, 11) is 1.63. The minimum absolute atomic E-state index is 0.0281. The number of nitrogens with zero attached hydrogens (tertiary/aromatic N) is 7. The number of rotatable bonds is 11. The molecule has 4 fully saturated rings. The lowest BCUT2D eigenvalue weighted by molar-refractivity contribution is -0.144. The summed E-state index contributed by atoms with van der Waals surface area (Å²) in [4.78, 5) is 58.5.